The number of ether oxygens (including phenoxy) is 1. The molecule has 1 heterocycles. The summed E-state index contributed by atoms with van der Waals surface area (Å²) in [5.41, 5.74) is 1.62. The summed E-state index contributed by atoms with van der Waals surface area (Å²) in [6.45, 7) is 6.94. The number of amides is 1. The fourth-order valence-electron chi connectivity index (χ4n) is 2.12. The van der Waals surface area contributed by atoms with E-state index >= 15 is 0 Å². The van der Waals surface area contributed by atoms with Gasteiger partial charge in [-0.2, -0.15) is 0 Å². The van der Waals surface area contributed by atoms with Crippen molar-refractivity contribution >= 4 is 23.5 Å². The number of carbonyl (C=O) groups is 2. The molecule has 0 saturated heterocycles. The molecular formula is C19H24N4O3. The van der Waals surface area contributed by atoms with Gasteiger partial charge < -0.3 is 15.4 Å². The zero-order valence-electron chi connectivity index (χ0n) is 15.3. The van der Waals surface area contributed by atoms with Crippen molar-refractivity contribution in [2.45, 2.75) is 27.2 Å². The maximum Gasteiger partial charge on any atom is 0.338 e. The minimum absolute atomic E-state index is 0.184. The van der Waals surface area contributed by atoms with E-state index < -0.39 is 0 Å². The van der Waals surface area contributed by atoms with Crippen molar-refractivity contribution in [3.63, 3.8) is 0 Å². The normalized spacial score (nSPS) is 10.5. The van der Waals surface area contributed by atoms with Crippen LogP contribution in [0, 0.1) is 5.92 Å². The molecule has 0 fully saturated rings. The molecule has 2 rings (SSSR count). The van der Waals surface area contributed by atoms with Crippen LogP contribution in [0.5, 0.6) is 0 Å². The lowest BCUT2D eigenvalue weighted by Gasteiger charge is -2.08. The summed E-state index contributed by atoms with van der Waals surface area (Å²) >= 11 is 0. The third kappa shape index (κ3) is 5.84. The number of hydrogen-bond acceptors (Lipinski definition) is 6. The van der Waals surface area contributed by atoms with Crippen molar-refractivity contribution in [3.05, 3.63) is 47.8 Å². The molecule has 1 aromatic carbocycles. The number of rotatable bonds is 8. The van der Waals surface area contributed by atoms with E-state index in [1.165, 1.54) is 12.4 Å². The molecule has 26 heavy (non-hydrogen) atoms. The molecule has 0 aliphatic rings. The van der Waals surface area contributed by atoms with Crippen LogP contribution in [0.15, 0.2) is 36.7 Å². The summed E-state index contributed by atoms with van der Waals surface area (Å²) < 4.78 is 4.94. The van der Waals surface area contributed by atoms with Crippen molar-refractivity contribution in [2.75, 3.05) is 18.5 Å². The van der Waals surface area contributed by atoms with Crippen LogP contribution in [0.3, 0.4) is 0 Å². The molecule has 0 spiro atoms. The number of aromatic nitrogens is 2. The molecule has 0 bridgehead atoms. The molecule has 0 unspecified atom stereocenters. The van der Waals surface area contributed by atoms with E-state index in [0.29, 0.717) is 36.1 Å². The van der Waals surface area contributed by atoms with Crippen LogP contribution in [-0.4, -0.2) is 35.0 Å². The van der Waals surface area contributed by atoms with Crippen LogP contribution < -0.4 is 10.6 Å². The number of benzene rings is 1. The van der Waals surface area contributed by atoms with Crippen molar-refractivity contribution in [2.24, 2.45) is 5.92 Å². The second kappa shape index (κ2) is 9.50. The molecule has 0 radical (unpaired) electrons. The van der Waals surface area contributed by atoms with Gasteiger partial charge in [-0.3, -0.25) is 4.79 Å². The Bertz CT molecular complexity index is 727. The molecule has 2 aromatic rings. The molecule has 0 aliphatic heterocycles. The molecule has 1 aromatic heterocycles. The summed E-state index contributed by atoms with van der Waals surface area (Å²) in [7, 11) is 0. The Kier molecular flexibility index (Phi) is 7.08. The first kappa shape index (κ1) is 19.4. The Morgan fingerprint density at radius 2 is 1.73 bits per heavy atom. The highest BCUT2D eigenvalue weighted by Crippen LogP contribution is 2.14. The first-order valence-corrected chi connectivity index (χ1v) is 8.64. The molecule has 2 N–H and O–H groups in total. The predicted octanol–water partition coefficient (Wildman–Crippen LogP) is 3.17. The lowest BCUT2D eigenvalue weighted by Crippen LogP contribution is -2.25. The van der Waals surface area contributed by atoms with Crippen LogP contribution in [-0.2, 0) is 4.74 Å². The number of esters is 1. The monoisotopic (exact) mass is 356 g/mol. The van der Waals surface area contributed by atoms with Crippen molar-refractivity contribution < 1.29 is 14.3 Å². The third-order valence-corrected chi connectivity index (χ3v) is 3.57. The average Bonchev–Trinajstić information content (AvgIpc) is 2.63. The van der Waals surface area contributed by atoms with Crippen LogP contribution in [0.4, 0.5) is 11.6 Å². The van der Waals surface area contributed by atoms with Gasteiger partial charge in [0.2, 0.25) is 5.95 Å². The number of nitrogens with one attached hydrogen (secondary N) is 2. The van der Waals surface area contributed by atoms with Gasteiger partial charge in [0.05, 0.1) is 17.7 Å². The van der Waals surface area contributed by atoms with Gasteiger partial charge in [-0.05, 0) is 43.5 Å². The molecule has 0 atom stereocenters. The fourth-order valence-corrected chi connectivity index (χ4v) is 2.12. The van der Waals surface area contributed by atoms with Gasteiger partial charge in [-0.25, -0.2) is 14.8 Å². The molecular weight excluding hydrogens is 332 g/mol. The van der Waals surface area contributed by atoms with E-state index in [0.717, 1.165) is 12.1 Å². The molecule has 0 aliphatic carbocycles. The van der Waals surface area contributed by atoms with Gasteiger partial charge in [0.25, 0.3) is 5.91 Å². The quantitative estimate of drug-likeness (QED) is 0.706. The van der Waals surface area contributed by atoms with Crippen molar-refractivity contribution in [1.29, 1.82) is 0 Å². The van der Waals surface area contributed by atoms with Crippen LogP contribution >= 0.6 is 0 Å². The Morgan fingerprint density at radius 3 is 2.31 bits per heavy atom. The zero-order chi connectivity index (χ0) is 18.9. The summed E-state index contributed by atoms with van der Waals surface area (Å²) in [6.07, 6.45) is 3.88. The predicted molar refractivity (Wildman–Crippen MR) is 99.5 cm³/mol. The smallest absolute Gasteiger partial charge is 0.338 e. The van der Waals surface area contributed by atoms with Crippen LogP contribution in [0.2, 0.25) is 0 Å². The highest BCUT2D eigenvalue weighted by atomic mass is 16.5. The molecule has 0 saturated carbocycles. The molecule has 7 nitrogen and oxygen atoms in total. The number of carbonyl (C=O) groups excluding carboxylic acids is 2. The van der Waals surface area contributed by atoms with E-state index in [1.807, 2.05) is 0 Å². The first-order chi connectivity index (χ1) is 12.5. The Hall–Kier alpha value is -2.96. The maximum absolute atomic E-state index is 12.0. The number of nitrogens with zero attached hydrogens (tertiary/aromatic N) is 2. The van der Waals surface area contributed by atoms with Crippen LogP contribution in [0.25, 0.3) is 0 Å². The summed E-state index contributed by atoms with van der Waals surface area (Å²) in [6, 6.07) is 6.80. The first-order valence-electron chi connectivity index (χ1n) is 8.64. The Morgan fingerprint density at radius 1 is 1.08 bits per heavy atom. The second-order valence-corrected chi connectivity index (χ2v) is 6.16. The fraction of sp³-hybridized carbons (Fsp3) is 0.368. The number of hydrogen-bond donors (Lipinski definition) is 2. The second-order valence-electron chi connectivity index (χ2n) is 6.16. The summed E-state index contributed by atoms with van der Waals surface area (Å²) in [5.74, 6) is 0.361. The summed E-state index contributed by atoms with van der Waals surface area (Å²) in [4.78, 5) is 31.9. The van der Waals surface area contributed by atoms with E-state index in [4.69, 9.17) is 4.74 Å². The van der Waals surface area contributed by atoms with Gasteiger partial charge in [-0.15, -0.1) is 0 Å². The van der Waals surface area contributed by atoms with E-state index in [1.54, 1.807) is 31.2 Å². The van der Waals surface area contributed by atoms with E-state index in [-0.39, 0.29) is 11.9 Å². The minimum Gasteiger partial charge on any atom is -0.462 e. The third-order valence-electron chi connectivity index (χ3n) is 3.57. The molecule has 7 heteroatoms. The van der Waals surface area contributed by atoms with Crippen LogP contribution in [0.1, 0.15) is 47.9 Å². The lowest BCUT2D eigenvalue weighted by atomic mass is 10.1. The van der Waals surface area contributed by atoms with E-state index in [9.17, 15) is 9.59 Å². The Balaban J connectivity index is 1.92. The van der Waals surface area contributed by atoms with Gasteiger partial charge >= 0.3 is 5.97 Å². The highest BCUT2D eigenvalue weighted by molar-refractivity contribution is 5.93. The Labute approximate surface area is 153 Å². The van der Waals surface area contributed by atoms with Gasteiger partial charge in [0.15, 0.2) is 0 Å². The standard InChI is InChI=1S/C19H24N4O3/c1-4-26-18(25)14-5-7-16(8-6-14)23-19-21-11-15(12-22-19)17(24)20-10-9-13(2)3/h5-8,11-13H,4,9-10H2,1-3H3,(H,20,24)(H,21,22,23). The van der Waals surface area contributed by atoms with Gasteiger partial charge in [-0.1, -0.05) is 13.8 Å². The SMILES string of the molecule is CCOC(=O)c1ccc(Nc2ncc(C(=O)NCCC(C)C)cn2)cc1. The van der Waals surface area contributed by atoms with Gasteiger partial charge in [0.1, 0.15) is 0 Å². The molecule has 138 valence electrons. The highest BCUT2D eigenvalue weighted by Gasteiger charge is 2.08. The average molecular weight is 356 g/mol. The lowest BCUT2D eigenvalue weighted by molar-refractivity contribution is 0.0526. The topological polar surface area (TPSA) is 93.2 Å². The van der Waals surface area contributed by atoms with Crippen molar-refractivity contribution in [1.82, 2.24) is 15.3 Å². The van der Waals surface area contributed by atoms with Gasteiger partial charge in [0, 0.05) is 24.6 Å². The number of anilines is 2. The maximum atomic E-state index is 12.0. The summed E-state index contributed by atoms with van der Waals surface area (Å²) in [5, 5.41) is 5.86. The minimum atomic E-state index is -0.358. The zero-order valence-corrected chi connectivity index (χ0v) is 15.3. The van der Waals surface area contributed by atoms with Crippen molar-refractivity contribution in [3.8, 4) is 0 Å². The van der Waals surface area contributed by atoms with E-state index in [2.05, 4.69) is 34.4 Å². The largest absolute Gasteiger partial charge is 0.462 e. The molecule has 1 amide bonds.